The molecule has 0 bridgehead atoms. The number of carbonyl (C=O) groups excluding carboxylic acids is 1. The van der Waals surface area contributed by atoms with Crippen LogP contribution in [0.15, 0.2) is 54.7 Å². The third-order valence-electron chi connectivity index (χ3n) is 3.61. The fourth-order valence-electron chi connectivity index (χ4n) is 2.42. The van der Waals surface area contributed by atoms with Gasteiger partial charge in [0, 0.05) is 19.2 Å². The zero-order valence-corrected chi connectivity index (χ0v) is 14.4. The van der Waals surface area contributed by atoms with Gasteiger partial charge in [-0.05, 0) is 23.6 Å². The summed E-state index contributed by atoms with van der Waals surface area (Å²) in [7, 11) is 0. The summed E-state index contributed by atoms with van der Waals surface area (Å²) >= 11 is 0. The fraction of sp³-hybridized carbons (Fsp3) is 0.263. The van der Waals surface area contributed by atoms with Crippen molar-refractivity contribution < 1.29 is 4.79 Å². The van der Waals surface area contributed by atoms with Crippen LogP contribution in [0.25, 0.3) is 11.5 Å². The summed E-state index contributed by atoms with van der Waals surface area (Å²) in [5.74, 6) is 1.04. The lowest BCUT2D eigenvalue weighted by molar-refractivity contribution is 0.0873. The molecule has 3 rings (SSSR count). The van der Waals surface area contributed by atoms with Crippen molar-refractivity contribution in [3.05, 3.63) is 60.3 Å². The SMILES string of the molecule is CC(C)CC(=O)n1nc(-c2ccccn2)nc1NCc1ccccc1. The largest absolute Gasteiger partial charge is 0.350 e. The van der Waals surface area contributed by atoms with Crippen molar-refractivity contribution in [1.29, 1.82) is 0 Å². The maximum Gasteiger partial charge on any atom is 0.250 e. The third kappa shape index (κ3) is 4.29. The van der Waals surface area contributed by atoms with E-state index in [1.165, 1.54) is 4.68 Å². The van der Waals surface area contributed by atoms with Gasteiger partial charge in [0.05, 0.1) is 0 Å². The molecule has 6 heteroatoms. The number of nitrogens with one attached hydrogen (secondary N) is 1. The molecule has 1 N–H and O–H groups in total. The summed E-state index contributed by atoms with van der Waals surface area (Å²) in [5, 5.41) is 7.59. The normalized spacial score (nSPS) is 10.8. The van der Waals surface area contributed by atoms with Crippen LogP contribution in [0.4, 0.5) is 5.95 Å². The second kappa shape index (κ2) is 7.70. The molecule has 6 nitrogen and oxygen atoms in total. The minimum atomic E-state index is -0.0831. The van der Waals surface area contributed by atoms with Crippen LogP contribution in [-0.2, 0) is 6.54 Å². The van der Waals surface area contributed by atoms with Crippen LogP contribution in [0.1, 0.15) is 30.6 Å². The Hall–Kier alpha value is -3.02. The summed E-state index contributed by atoms with van der Waals surface area (Å²) in [6.07, 6.45) is 2.09. The number of carbonyl (C=O) groups is 1. The monoisotopic (exact) mass is 335 g/mol. The third-order valence-corrected chi connectivity index (χ3v) is 3.61. The van der Waals surface area contributed by atoms with Gasteiger partial charge in [0.2, 0.25) is 17.7 Å². The Morgan fingerprint density at radius 2 is 1.88 bits per heavy atom. The predicted octanol–water partition coefficient (Wildman–Crippen LogP) is 3.64. The zero-order valence-electron chi connectivity index (χ0n) is 14.4. The summed E-state index contributed by atoms with van der Waals surface area (Å²) in [5.41, 5.74) is 1.74. The molecule has 128 valence electrons. The van der Waals surface area contributed by atoms with E-state index in [0.29, 0.717) is 30.4 Å². The van der Waals surface area contributed by atoms with E-state index >= 15 is 0 Å². The minimum absolute atomic E-state index is 0.0831. The highest BCUT2D eigenvalue weighted by atomic mass is 16.2. The average Bonchev–Trinajstić information content (AvgIpc) is 3.05. The number of anilines is 1. The Morgan fingerprint density at radius 3 is 2.56 bits per heavy atom. The quantitative estimate of drug-likeness (QED) is 0.744. The van der Waals surface area contributed by atoms with Gasteiger partial charge in [0.25, 0.3) is 0 Å². The second-order valence-electron chi connectivity index (χ2n) is 6.22. The molecule has 0 aliphatic carbocycles. The van der Waals surface area contributed by atoms with Crippen LogP contribution >= 0.6 is 0 Å². The Labute approximate surface area is 146 Å². The maximum absolute atomic E-state index is 12.5. The van der Waals surface area contributed by atoms with Gasteiger partial charge < -0.3 is 5.32 Å². The summed E-state index contributed by atoms with van der Waals surface area (Å²) in [6, 6.07) is 15.5. The van der Waals surface area contributed by atoms with E-state index in [1.54, 1.807) is 6.20 Å². The number of nitrogens with zero attached hydrogens (tertiary/aromatic N) is 4. The molecular formula is C19H21N5O. The smallest absolute Gasteiger partial charge is 0.250 e. The van der Waals surface area contributed by atoms with Gasteiger partial charge in [-0.25, -0.2) is 0 Å². The van der Waals surface area contributed by atoms with Gasteiger partial charge in [-0.2, -0.15) is 9.67 Å². The highest BCUT2D eigenvalue weighted by molar-refractivity contribution is 5.81. The fourth-order valence-corrected chi connectivity index (χ4v) is 2.42. The molecule has 2 aromatic heterocycles. The van der Waals surface area contributed by atoms with Gasteiger partial charge in [-0.3, -0.25) is 9.78 Å². The Morgan fingerprint density at radius 1 is 1.12 bits per heavy atom. The lowest BCUT2D eigenvalue weighted by Gasteiger charge is -2.08. The standard InChI is InChI=1S/C19H21N5O/c1-14(2)12-17(25)24-19(21-13-15-8-4-3-5-9-15)22-18(23-24)16-10-6-7-11-20-16/h3-11,14H,12-13H2,1-2H3,(H,21,22,23). The predicted molar refractivity (Wildman–Crippen MR) is 97.1 cm³/mol. The Balaban J connectivity index is 1.88. The van der Waals surface area contributed by atoms with Crippen molar-refractivity contribution in [2.24, 2.45) is 5.92 Å². The van der Waals surface area contributed by atoms with Gasteiger partial charge in [0.15, 0.2) is 0 Å². The van der Waals surface area contributed by atoms with Gasteiger partial charge >= 0.3 is 0 Å². The number of aromatic nitrogens is 4. The van der Waals surface area contributed by atoms with Gasteiger partial charge in [0.1, 0.15) is 5.69 Å². The van der Waals surface area contributed by atoms with E-state index in [9.17, 15) is 4.79 Å². The number of pyridine rings is 1. The molecule has 0 atom stereocenters. The molecule has 25 heavy (non-hydrogen) atoms. The molecule has 0 aliphatic heterocycles. The van der Waals surface area contributed by atoms with Crippen molar-refractivity contribution in [3.63, 3.8) is 0 Å². The maximum atomic E-state index is 12.5. The molecule has 0 saturated heterocycles. The molecule has 0 saturated carbocycles. The van der Waals surface area contributed by atoms with Crippen LogP contribution in [0.5, 0.6) is 0 Å². The Bertz CT molecular complexity index is 828. The first-order valence-electron chi connectivity index (χ1n) is 8.33. The highest BCUT2D eigenvalue weighted by Crippen LogP contribution is 2.17. The first-order chi connectivity index (χ1) is 12.1. The molecule has 1 aromatic carbocycles. The number of hydrogen-bond acceptors (Lipinski definition) is 5. The molecule has 2 heterocycles. The topological polar surface area (TPSA) is 72.7 Å². The van der Waals surface area contributed by atoms with Gasteiger partial charge in [-0.1, -0.05) is 50.2 Å². The summed E-state index contributed by atoms with van der Waals surface area (Å²) in [4.78, 5) is 21.3. The van der Waals surface area contributed by atoms with E-state index in [-0.39, 0.29) is 11.8 Å². The molecule has 0 amide bonds. The van der Waals surface area contributed by atoms with Crippen molar-refractivity contribution >= 4 is 11.9 Å². The number of rotatable bonds is 6. The molecule has 0 radical (unpaired) electrons. The van der Waals surface area contributed by atoms with Gasteiger partial charge in [-0.15, -0.1) is 5.10 Å². The summed E-state index contributed by atoms with van der Waals surface area (Å²) < 4.78 is 1.35. The Kier molecular flexibility index (Phi) is 5.18. The number of hydrogen-bond donors (Lipinski definition) is 1. The van der Waals surface area contributed by atoms with Crippen molar-refractivity contribution in [1.82, 2.24) is 19.7 Å². The van der Waals surface area contributed by atoms with Crippen LogP contribution in [0, 0.1) is 5.92 Å². The average molecular weight is 335 g/mol. The van der Waals surface area contributed by atoms with E-state index in [0.717, 1.165) is 5.56 Å². The lowest BCUT2D eigenvalue weighted by Crippen LogP contribution is -2.18. The first-order valence-corrected chi connectivity index (χ1v) is 8.33. The molecule has 0 spiro atoms. The minimum Gasteiger partial charge on any atom is -0.350 e. The van der Waals surface area contributed by atoms with Crippen LogP contribution in [-0.4, -0.2) is 25.7 Å². The highest BCUT2D eigenvalue weighted by Gasteiger charge is 2.18. The molecule has 3 aromatic rings. The van der Waals surface area contributed by atoms with Crippen LogP contribution in [0.3, 0.4) is 0 Å². The molecule has 0 fully saturated rings. The van der Waals surface area contributed by atoms with E-state index in [4.69, 9.17) is 0 Å². The van der Waals surface area contributed by atoms with E-state index in [1.807, 2.05) is 62.4 Å². The van der Waals surface area contributed by atoms with Crippen LogP contribution < -0.4 is 5.32 Å². The zero-order chi connectivity index (χ0) is 17.6. The second-order valence-corrected chi connectivity index (χ2v) is 6.22. The van der Waals surface area contributed by atoms with Crippen molar-refractivity contribution in [2.75, 3.05) is 5.32 Å². The van der Waals surface area contributed by atoms with Crippen molar-refractivity contribution in [2.45, 2.75) is 26.8 Å². The number of benzene rings is 1. The van der Waals surface area contributed by atoms with E-state index in [2.05, 4.69) is 20.4 Å². The van der Waals surface area contributed by atoms with Crippen molar-refractivity contribution in [3.8, 4) is 11.5 Å². The van der Waals surface area contributed by atoms with Crippen LogP contribution in [0.2, 0.25) is 0 Å². The van der Waals surface area contributed by atoms with E-state index < -0.39 is 0 Å². The first kappa shape index (κ1) is 16.8. The molecule has 0 unspecified atom stereocenters. The lowest BCUT2D eigenvalue weighted by atomic mass is 10.1. The molecule has 0 aliphatic rings. The molecular weight excluding hydrogens is 314 g/mol. The summed E-state index contributed by atoms with van der Waals surface area (Å²) in [6.45, 7) is 4.58.